The molecule has 1 aliphatic rings. The maximum absolute atomic E-state index is 12.6. The number of hydrogen-bond acceptors (Lipinski definition) is 4. The van der Waals surface area contributed by atoms with Gasteiger partial charge in [0.15, 0.2) is 16.3 Å². The predicted octanol–water partition coefficient (Wildman–Crippen LogP) is 4.12. The van der Waals surface area contributed by atoms with Crippen LogP contribution in [-0.2, 0) is 6.54 Å². The molecule has 1 aromatic heterocycles. The molecule has 0 bridgehead atoms. The van der Waals surface area contributed by atoms with E-state index >= 15 is 0 Å². The fourth-order valence-corrected chi connectivity index (χ4v) is 4.13. The summed E-state index contributed by atoms with van der Waals surface area (Å²) in [6.07, 6.45) is 1.78. The molecule has 7 heteroatoms. The Morgan fingerprint density at radius 2 is 2.08 bits per heavy atom. The second-order valence-corrected chi connectivity index (χ2v) is 7.22. The summed E-state index contributed by atoms with van der Waals surface area (Å²) in [6.45, 7) is 4.57. The van der Waals surface area contributed by atoms with E-state index in [0.29, 0.717) is 28.4 Å². The molecule has 2 heterocycles. The Hall–Kier alpha value is -2.38. The van der Waals surface area contributed by atoms with Gasteiger partial charge in [-0.05, 0) is 28.1 Å². The predicted molar refractivity (Wildman–Crippen MR) is 100 cm³/mol. The van der Waals surface area contributed by atoms with Gasteiger partial charge in [0.25, 0.3) is 5.91 Å². The lowest BCUT2D eigenvalue weighted by atomic mass is 10.2. The molecular formula is C18H13BrN2O3S. The van der Waals surface area contributed by atoms with Crippen LogP contribution in [0.5, 0.6) is 11.5 Å². The summed E-state index contributed by atoms with van der Waals surface area (Å²) in [6, 6.07) is 11.1. The van der Waals surface area contributed by atoms with Gasteiger partial charge in [0, 0.05) is 23.2 Å². The Kier molecular flexibility index (Phi) is 4.19. The van der Waals surface area contributed by atoms with Crippen LogP contribution in [0.2, 0.25) is 0 Å². The van der Waals surface area contributed by atoms with E-state index in [1.54, 1.807) is 12.1 Å². The normalized spacial score (nSPS) is 13.4. The minimum Gasteiger partial charge on any atom is -0.454 e. The van der Waals surface area contributed by atoms with Crippen LogP contribution in [0.1, 0.15) is 10.4 Å². The van der Waals surface area contributed by atoms with Crippen molar-refractivity contribution in [3.8, 4) is 11.5 Å². The van der Waals surface area contributed by atoms with Gasteiger partial charge in [-0.25, -0.2) is 0 Å². The Morgan fingerprint density at radius 1 is 1.32 bits per heavy atom. The monoisotopic (exact) mass is 416 g/mol. The van der Waals surface area contributed by atoms with Crippen molar-refractivity contribution in [2.24, 2.45) is 4.99 Å². The average molecular weight is 417 g/mol. The van der Waals surface area contributed by atoms with Crippen molar-refractivity contribution in [2.45, 2.75) is 6.54 Å². The average Bonchev–Trinajstić information content (AvgIpc) is 3.18. The number of allylic oxidation sites excluding steroid dienone is 1. The number of thiazole rings is 1. The molecule has 4 rings (SSSR count). The second-order valence-electron chi connectivity index (χ2n) is 5.35. The molecule has 0 atom stereocenters. The zero-order valence-corrected chi connectivity index (χ0v) is 15.5. The molecule has 0 saturated heterocycles. The van der Waals surface area contributed by atoms with Crippen molar-refractivity contribution in [3.63, 3.8) is 0 Å². The summed E-state index contributed by atoms with van der Waals surface area (Å²) < 4.78 is 14.5. The zero-order valence-electron chi connectivity index (χ0n) is 13.1. The molecule has 5 nitrogen and oxygen atoms in total. The number of fused-ring (bicyclic) bond motifs is 2. The second kappa shape index (κ2) is 6.50. The van der Waals surface area contributed by atoms with Gasteiger partial charge >= 0.3 is 0 Å². The number of nitrogens with zero attached hydrogens (tertiary/aromatic N) is 2. The number of benzene rings is 2. The first kappa shape index (κ1) is 16.1. The quantitative estimate of drug-likeness (QED) is 0.603. The van der Waals surface area contributed by atoms with Gasteiger partial charge < -0.3 is 14.0 Å². The van der Waals surface area contributed by atoms with E-state index in [-0.39, 0.29) is 12.7 Å². The number of hydrogen-bond donors (Lipinski definition) is 0. The molecule has 0 fully saturated rings. The van der Waals surface area contributed by atoms with Crippen molar-refractivity contribution in [1.82, 2.24) is 4.57 Å². The summed E-state index contributed by atoms with van der Waals surface area (Å²) in [5.41, 5.74) is 1.46. The van der Waals surface area contributed by atoms with E-state index < -0.39 is 0 Å². The number of ether oxygens (including phenoxy) is 2. The number of halogens is 1. The Morgan fingerprint density at radius 3 is 2.84 bits per heavy atom. The van der Waals surface area contributed by atoms with Gasteiger partial charge in [0.1, 0.15) is 0 Å². The molecule has 0 spiro atoms. The van der Waals surface area contributed by atoms with E-state index in [1.165, 1.54) is 11.3 Å². The topological polar surface area (TPSA) is 52.8 Å². The zero-order chi connectivity index (χ0) is 17.4. The highest BCUT2D eigenvalue weighted by Crippen LogP contribution is 2.37. The highest BCUT2D eigenvalue weighted by Gasteiger charge is 2.18. The van der Waals surface area contributed by atoms with E-state index in [2.05, 4.69) is 27.5 Å². The summed E-state index contributed by atoms with van der Waals surface area (Å²) >= 11 is 4.83. The van der Waals surface area contributed by atoms with E-state index in [0.717, 1.165) is 14.7 Å². The molecule has 1 aliphatic heterocycles. The van der Waals surface area contributed by atoms with Crippen LogP contribution in [0.15, 0.2) is 58.5 Å². The molecule has 0 radical (unpaired) electrons. The first-order chi connectivity index (χ1) is 12.2. The maximum Gasteiger partial charge on any atom is 0.280 e. The van der Waals surface area contributed by atoms with Crippen LogP contribution in [0.25, 0.3) is 10.2 Å². The standard InChI is InChI=1S/C18H13BrN2O3S/c1-2-7-21-13-8-14-15(24-10-23-14)9-16(13)25-18(21)20-17(22)11-5-3-4-6-12(11)19/h2-6,8-9H,1,7,10H2. The van der Waals surface area contributed by atoms with Crippen LogP contribution in [-0.4, -0.2) is 17.3 Å². The summed E-state index contributed by atoms with van der Waals surface area (Å²) in [5.74, 6) is 1.12. The van der Waals surface area contributed by atoms with Crippen LogP contribution < -0.4 is 14.3 Å². The maximum atomic E-state index is 12.6. The third kappa shape index (κ3) is 2.89. The van der Waals surface area contributed by atoms with E-state index in [1.807, 2.05) is 34.9 Å². The minimum atomic E-state index is -0.295. The van der Waals surface area contributed by atoms with Crippen molar-refractivity contribution in [1.29, 1.82) is 0 Å². The fourth-order valence-electron chi connectivity index (χ4n) is 2.63. The summed E-state index contributed by atoms with van der Waals surface area (Å²) in [5, 5.41) is 0. The van der Waals surface area contributed by atoms with Crippen LogP contribution >= 0.6 is 27.3 Å². The van der Waals surface area contributed by atoms with Gasteiger partial charge in [0.05, 0.1) is 15.8 Å². The minimum absolute atomic E-state index is 0.228. The van der Waals surface area contributed by atoms with Crippen LogP contribution in [0.3, 0.4) is 0 Å². The molecule has 2 aromatic carbocycles. The highest BCUT2D eigenvalue weighted by molar-refractivity contribution is 9.10. The Bertz CT molecular complexity index is 1070. The van der Waals surface area contributed by atoms with E-state index in [4.69, 9.17) is 9.47 Å². The van der Waals surface area contributed by atoms with Crippen LogP contribution in [0, 0.1) is 0 Å². The lowest BCUT2D eigenvalue weighted by Gasteiger charge is -2.02. The SMILES string of the molecule is C=CCn1c(=NC(=O)c2ccccc2Br)sc2cc3c(cc21)OCO3. The van der Waals surface area contributed by atoms with Gasteiger partial charge in [0.2, 0.25) is 6.79 Å². The third-order valence-corrected chi connectivity index (χ3v) is 5.52. The molecular weight excluding hydrogens is 404 g/mol. The molecule has 126 valence electrons. The molecule has 0 aliphatic carbocycles. The molecule has 3 aromatic rings. The fraction of sp³-hybridized carbons (Fsp3) is 0.111. The molecule has 25 heavy (non-hydrogen) atoms. The van der Waals surface area contributed by atoms with E-state index in [9.17, 15) is 4.79 Å². The highest BCUT2D eigenvalue weighted by atomic mass is 79.9. The largest absolute Gasteiger partial charge is 0.454 e. The Balaban J connectivity index is 1.89. The summed E-state index contributed by atoms with van der Waals surface area (Å²) in [7, 11) is 0. The summed E-state index contributed by atoms with van der Waals surface area (Å²) in [4.78, 5) is 17.5. The smallest absolute Gasteiger partial charge is 0.280 e. The van der Waals surface area contributed by atoms with Crippen molar-refractivity contribution < 1.29 is 14.3 Å². The molecule has 0 saturated carbocycles. The third-order valence-electron chi connectivity index (χ3n) is 3.79. The number of carbonyl (C=O) groups excluding carboxylic acids is 1. The number of carbonyl (C=O) groups is 1. The van der Waals surface area contributed by atoms with Crippen LogP contribution in [0.4, 0.5) is 0 Å². The number of rotatable bonds is 3. The van der Waals surface area contributed by atoms with Gasteiger partial charge in [-0.3, -0.25) is 4.79 Å². The molecule has 0 N–H and O–H groups in total. The first-order valence-corrected chi connectivity index (χ1v) is 9.16. The molecule has 0 unspecified atom stereocenters. The van der Waals surface area contributed by atoms with Crippen molar-refractivity contribution in [2.75, 3.05) is 6.79 Å². The lowest BCUT2D eigenvalue weighted by Crippen LogP contribution is -2.16. The number of aromatic nitrogens is 1. The Labute approximate surface area is 156 Å². The first-order valence-electron chi connectivity index (χ1n) is 7.55. The number of amides is 1. The van der Waals surface area contributed by atoms with Crippen molar-refractivity contribution in [3.05, 3.63) is 63.9 Å². The lowest BCUT2D eigenvalue weighted by molar-refractivity contribution is 0.0997. The van der Waals surface area contributed by atoms with Gasteiger partial charge in [-0.1, -0.05) is 29.5 Å². The van der Waals surface area contributed by atoms with Crippen molar-refractivity contribution >= 4 is 43.4 Å². The van der Waals surface area contributed by atoms with Gasteiger partial charge in [-0.15, -0.1) is 6.58 Å². The van der Waals surface area contributed by atoms with Gasteiger partial charge in [-0.2, -0.15) is 4.99 Å². The molecule has 1 amide bonds.